The summed E-state index contributed by atoms with van der Waals surface area (Å²) >= 11 is 5.39. The fourth-order valence-electron chi connectivity index (χ4n) is 0.886. The van der Waals surface area contributed by atoms with Crippen LogP contribution in [0.3, 0.4) is 0 Å². The van der Waals surface area contributed by atoms with Crippen molar-refractivity contribution in [1.82, 2.24) is 0 Å². The Bertz CT molecular complexity index is 314. The van der Waals surface area contributed by atoms with E-state index in [4.69, 9.17) is 16.3 Å². The van der Waals surface area contributed by atoms with Crippen molar-refractivity contribution in [2.75, 3.05) is 0 Å². The van der Waals surface area contributed by atoms with Gasteiger partial charge < -0.3 is 4.74 Å². The van der Waals surface area contributed by atoms with Crippen molar-refractivity contribution in [3.63, 3.8) is 0 Å². The number of halogens is 1. The van der Waals surface area contributed by atoms with Gasteiger partial charge in [0.15, 0.2) is 0 Å². The number of carbonyl (C=O) groups is 1. The maximum Gasteiger partial charge on any atom is 0.308 e. The Kier molecular flexibility index (Phi) is 3.53. The number of hydrogen-bond acceptors (Lipinski definition) is 2. The van der Waals surface area contributed by atoms with Gasteiger partial charge in [-0.1, -0.05) is 23.7 Å². The summed E-state index contributed by atoms with van der Waals surface area (Å²) < 4.78 is 4.85. The molecule has 1 aromatic rings. The van der Waals surface area contributed by atoms with Gasteiger partial charge in [0, 0.05) is 12.5 Å². The van der Waals surface area contributed by atoms with Gasteiger partial charge in [-0.2, -0.15) is 0 Å². The van der Waals surface area contributed by atoms with Crippen LogP contribution < -0.4 is 4.74 Å². The largest absolute Gasteiger partial charge is 0.427 e. The Balaban J connectivity index is 2.75. The van der Waals surface area contributed by atoms with Gasteiger partial charge >= 0.3 is 5.97 Å². The zero-order valence-corrected chi connectivity index (χ0v) is 7.91. The number of rotatable bonds is 2. The third-order valence-electron chi connectivity index (χ3n) is 1.40. The Morgan fingerprint density at radius 2 is 2.00 bits per heavy atom. The van der Waals surface area contributed by atoms with Gasteiger partial charge in [0.1, 0.15) is 5.75 Å². The normalized spacial score (nSPS) is 10.3. The lowest BCUT2D eigenvalue weighted by Crippen LogP contribution is -2.00. The average Bonchev–Trinajstić information content (AvgIpc) is 2.08. The fourth-order valence-corrected chi connectivity index (χ4v) is 1.03. The highest BCUT2D eigenvalue weighted by Crippen LogP contribution is 2.13. The number of carbonyl (C=O) groups excluding carboxylic acids is 1. The number of esters is 1. The second kappa shape index (κ2) is 4.67. The van der Waals surface area contributed by atoms with Gasteiger partial charge in [-0.3, -0.25) is 4.79 Å². The number of ether oxygens (including phenoxy) is 1. The van der Waals surface area contributed by atoms with Crippen molar-refractivity contribution in [2.24, 2.45) is 0 Å². The van der Waals surface area contributed by atoms with Crippen molar-refractivity contribution in [3.05, 3.63) is 35.4 Å². The van der Waals surface area contributed by atoms with E-state index in [1.165, 1.54) is 12.5 Å². The smallest absolute Gasteiger partial charge is 0.308 e. The minimum absolute atomic E-state index is 0.319. The molecule has 0 bridgehead atoms. The number of benzene rings is 1. The van der Waals surface area contributed by atoms with Crippen LogP contribution in [0.1, 0.15) is 12.5 Å². The summed E-state index contributed by atoms with van der Waals surface area (Å²) in [5, 5.41) is 0. The fraction of sp³-hybridized carbons (Fsp3) is 0.100. The lowest BCUT2D eigenvalue weighted by atomic mass is 10.2. The molecule has 0 saturated heterocycles. The Hall–Kier alpha value is -1.28. The van der Waals surface area contributed by atoms with E-state index in [9.17, 15) is 4.79 Å². The van der Waals surface area contributed by atoms with Crippen LogP contribution in [0.15, 0.2) is 29.8 Å². The molecule has 0 fully saturated rings. The van der Waals surface area contributed by atoms with E-state index >= 15 is 0 Å². The lowest BCUT2D eigenvalue weighted by molar-refractivity contribution is -0.131. The first-order valence-electron chi connectivity index (χ1n) is 3.77. The van der Waals surface area contributed by atoms with E-state index < -0.39 is 0 Å². The van der Waals surface area contributed by atoms with Crippen molar-refractivity contribution in [3.8, 4) is 5.75 Å². The molecule has 13 heavy (non-hydrogen) atoms. The molecule has 0 N–H and O–H groups in total. The highest BCUT2D eigenvalue weighted by atomic mass is 35.5. The Morgan fingerprint density at radius 1 is 1.38 bits per heavy atom. The molecular formula is C10H9ClO2. The Morgan fingerprint density at radius 3 is 2.46 bits per heavy atom. The third kappa shape index (κ3) is 3.30. The first kappa shape index (κ1) is 9.81. The van der Waals surface area contributed by atoms with Gasteiger partial charge in [-0.15, -0.1) is 0 Å². The maximum absolute atomic E-state index is 10.6. The summed E-state index contributed by atoms with van der Waals surface area (Å²) in [5.74, 6) is 0.222. The van der Waals surface area contributed by atoms with Gasteiger partial charge in [0.2, 0.25) is 0 Å². The molecule has 1 rings (SSSR count). The summed E-state index contributed by atoms with van der Waals surface area (Å²) in [7, 11) is 0. The van der Waals surface area contributed by atoms with E-state index in [0.717, 1.165) is 5.56 Å². The third-order valence-corrected chi connectivity index (χ3v) is 1.52. The standard InChI is InChI=1S/C10H9ClO2/c1-8(12)13-10-4-2-9(3-5-10)6-7-11/h2-7H,1H3. The zero-order chi connectivity index (χ0) is 9.68. The molecule has 0 radical (unpaired) electrons. The van der Waals surface area contributed by atoms with Crippen LogP contribution in [0.2, 0.25) is 0 Å². The topological polar surface area (TPSA) is 26.3 Å². The average molecular weight is 197 g/mol. The number of hydrogen-bond donors (Lipinski definition) is 0. The molecule has 2 nitrogen and oxygen atoms in total. The monoisotopic (exact) mass is 196 g/mol. The molecule has 0 aromatic heterocycles. The summed E-state index contributed by atoms with van der Waals surface area (Å²) in [6.45, 7) is 1.37. The molecule has 0 spiro atoms. The molecule has 0 heterocycles. The molecule has 3 heteroatoms. The van der Waals surface area contributed by atoms with Crippen molar-refractivity contribution in [2.45, 2.75) is 6.92 Å². The quantitative estimate of drug-likeness (QED) is 0.537. The second-order valence-corrected chi connectivity index (χ2v) is 2.71. The molecule has 0 aliphatic heterocycles. The Labute approximate surface area is 81.8 Å². The van der Waals surface area contributed by atoms with Crippen LogP contribution in [0, 0.1) is 0 Å². The van der Waals surface area contributed by atoms with E-state index in [1.807, 2.05) is 12.1 Å². The molecule has 0 aliphatic rings. The van der Waals surface area contributed by atoms with Crippen LogP contribution in [-0.4, -0.2) is 5.97 Å². The molecule has 0 aliphatic carbocycles. The zero-order valence-electron chi connectivity index (χ0n) is 7.16. The minimum atomic E-state index is -0.319. The van der Waals surface area contributed by atoms with Crippen LogP contribution in [0.4, 0.5) is 0 Å². The van der Waals surface area contributed by atoms with Crippen LogP contribution >= 0.6 is 11.6 Å². The summed E-state index contributed by atoms with van der Waals surface area (Å²) in [6.07, 6.45) is 1.75. The van der Waals surface area contributed by atoms with E-state index in [0.29, 0.717) is 5.75 Å². The molecular weight excluding hydrogens is 188 g/mol. The van der Waals surface area contributed by atoms with Crippen molar-refractivity contribution >= 4 is 23.6 Å². The first-order valence-corrected chi connectivity index (χ1v) is 4.21. The van der Waals surface area contributed by atoms with E-state index in [1.54, 1.807) is 18.2 Å². The van der Waals surface area contributed by atoms with Crippen molar-refractivity contribution < 1.29 is 9.53 Å². The predicted molar refractivity (Wildman–Crippen MR) is 52.6 cm³/mol. The van der Waals surface area contributed by atoms with Crippen LogP contribution in [-0.2, 0) is 4.79 Å². The first-order chi connectivity index (χ1) is 6.22. The van der Waals surface area contributed by atoms with E-state index in [2.05, 4.69) is 0 Å². The second-order valence-electron chi connectivity index (χ2n) is 2.46. The summed E-state index contributed by atoms with van der Waals surface area (Å²) in [5.41, 5.74) is 2.40. The van der Waals surface area contributed by atoms with E-state index in [-0.39, 0.29) is 5.97 Å². The van der Waals surface area contributed by atoms with Crippen LogP contribution in [0.5, 0.6) is 5.75 Å². The highest BCUT2D eigenvalue weighted by Gasteiger charge is 1.95. The summed E-state index contributed by atoms with van der Waals surface area (Å²) in [6, 6.07) is 7.07. The molecule has 0 atom stereocenters. The minimum Gasteiger partial charge on any atom is -0.427 e. The molecule has 68 valence electrons. The summed E-state index contributed by atoms with van der Waals surface area (Å²) in [4.78, 5) is 10.6. The molecule has 1 aromatic carbocycles. The van der Waals surface area contributed by atoms with Gasteiger partial charge in [0.05, 0.1) is 0 Å². The lowest BCUT2D eigenvalue weighted by Gasteiger charge is -2.00. The van der Waals surface area contributed by atoms with Gasteiger partial charge in [0.25, 0.3) is 0 Å². The van der Waals surface area contributed by atoms with Crippen molar-refractivity contribution in [1.29, 1.82) is 0 Å². The van der Waals surface area contributed by atoms with Gasteiger partial charge in [-0.25, -0.2) is 0 Å². The molecule has 0 saturated carbocycles. The van der Waals surface area contributed by atoms with Crippen LogP contribution in [0.25, 0.3) is 6.08 Å². The maximum atomic E-state index is 10.6. The SMILES string of the molecule is CC(=O)Oc1ccc(C=CCl)cc1. The molecule has 0 unspecified atom stereocenters. The predicted octanol–water partition coefficient (Wildman–Crippen LogP) is 2.82. The highest BCUT2D eigenvalue weighted by molar-refractivity contribution is 6.27. The molecule has 0 amide bonds. The van der Waals surface area contributed by atoms with Gasteiger partial charge in [-0.05, 0) is 23.8 Å².